The summed E-state index contributed by atoms with van der Waals surface area (Å²) in [5, 5.41) is 2.25. The van der Waals surface area contributed by atoms with E-state index in [9.17, 15) is 4.79 Å². The molecule has 0 spiro atoms. The quantitative estimate of drug-likeness (QED) is 0.861. The molecule has 1 aromatic carbocycles. The molecule has 0 radical (unpaired) electrons. The summed E-state index contributed by atoms with van der Waals surface area (Å²) in [7, 11) is 0. The van der Waals surface area contributed by atoms with Gasteiger partial charge in [0, 0.05) is 16.6 Å². The molecule has 0 unspecified atom stereocenters. The van der Waals surface area contributed by atoms with Crippen LogP contribution in [0.4, 0.5) is 0 Å². The molecule has 3 heteroatoms. The van der Waals surface area contributed by atoms with Gasteiger partial charge in [-0.3, -0.25) is 4.79 Å². The summed E-state index contributed by atoms with van der Waals surface area (Å²) >= 11 is 6.29. The van der Waals surface area contributed by atoms with Gasteiger partial charge in [0.2, 0.25) is 0 Å². The van der Waals surface area contributed by atoms with Crippen molar-refractivity contribution >= 4 is 22.4 Å². The number of halogens is 1. The van der Waals surface area contributed by atoms with Gasteiger partial charge in [-0.05, 0) is 41.0 Å². The van der Waals surface area contributed by atoms with Gasteiger partial charge in [-0.15, -0.1) is 0 Å². The van der Waals surface area contributed by atoms with Gasteiger partial charge < -0.3 is 4.98 Å². The molecule has 2 aromatic rings. The Bertz CT molecular complexity index is 613. The minimum absolute atomic E-state index is 0.0217. The van der Waals surface area contributed by atoms with E-state index in [-0.39, 0.29) is 11.0 Å². The molecule has 17 heavy (non-hydrogen) atoms. The number of H-pyrrole nitrogens is 1. The third kappa shape index (κ3) is 2.09. The molecule has 0 bridgehead atoms. The highest BCUT2D eigenvalue weighted by atomic mass is 35.5. The maximum atomic E-state index is 11.6. The second kappa shape index (κ2) is 4.19. The van der Waals surface area contributed by atoms with Crippen LogP contribution in [-0.2, 0) is 5.41 Å². The van der Waals surface area contributed by atoms with Crippen molar-refractivity contribution in [3.05, 3.63) is 45.3 Å². The van der Waals surface area contributed by atoms with E-state index in [4.69, 9.17) is 11.6 Å². The summed E-state index contributed by atoms with van der Waals surface area (Å²) in [4.78, 5) is 14.3. The Hall–Kier alpha value is -1.28. The van der Waals surface area contributed by atoms with Gasteiger partial charge in [0.25, 0.3) is 5.56 Å². The third-order valence-electron chi connectivity index (χ3n) is 3.47. The van der Waals surface area contributed by atoms with Crippen molar-refractivity contribution in [3.8, 4) is 0 Å². The molecule has 90 valence electrons. The zero-order valence-electron chi connectivity index (χ0n) is 10.3. The van der Waals surface area contributed by atoms with Gasteiger partial charge in [-0.1, -0.05) is 32.4 Å². The van der Waals surface area contributed by atoms with Gasteiger partial charge >= 0.3 is 0 Å². The van der Waals surface area contributed by atoms with E-state index >= 15 is 0 Å². The van der Waals surface area contributed by atoms with Crippen LogP contribution in [0.1, 0.15) is 32.8 Å². The van der Waals surface area contributed by atoms with Gasteiger partial charge in [-0.2, -0.15) is 0 Å². The highest BCUT2D eigenvalue weighted by molar-refractivity contribution is 6.32. The summed E-state index contributed by atoms with van der Waals surface area (Å²) in [6.45, 7) is 6.46. The first-order valence-electron chi connectivity index (χ1n) is 5.77. The molecule has 0 atom stereocenters. The number of hydrogen-bond donors (Lipinski definition) is 1. The van der Waals surface area contributed by atoms with Crippen molar-refractivity contribution in [2.24, 2.45) is 0 Å². The Morgan fingerprint density at radius 1 is 1.35 bits per heavy atom. The molecule has 1 N–H and O–H groups in total. The summed E-state index contributed by atoms with van der Waals surface area (Å²) in [6, 6.07) is 5.70. The zero-order valence-corrected chi connectivity index (χ0v) is 11.1. The molecule has 1 aromatic heterocycles. The van der Waals surface area contributed by atoms with Crippen molar-refractivity contribution in [1.29, 1.82) is 0 Å². The highest BCUT2D eigenvalue weighted by Crippen LogP contribution is 2.34. The Kier molecular flexibility index (Phi) is 3.00. The first-order valence-corrected chi connectivity index (χ1v) is 6.15. The first-order chi connectivity index (χ1) is 7.95. The topological polar surface area (TPSA) is 32.9 Å². The number of fused-ring (bicyclic) bond motifs is 1. The summed E-state index contributed by atoms with van der Waals surface area (Å²) in [6.07, 6.45) is 2.67. The Balaban J connectivity index is 2.77. The van der Waals surface area contributed by atoms with Crippen molar-refractivity contribution in [2.75, 3.05) is 0 Å². The summed E-state index contributed by atoms with van der Waals surface area (Å²) < 4.78 is 0. The van der Waals surface area contributed by atoms with Crippen LogP contribution in [0, 0.1) is 0 Å². The third-order valence-corrected chi connectivity index (χ3v) is 3.79. The Morgan fingerprint density at radius 2 is 2.06 bits per heavy atom. The number of nitrogens with one attached hydrogen (secondary N) is 1. The van der Waals surface area contributed by atoms with E-state index in [0.29, 0.717) is 10.4 Å². The molecule has 0 amide bonds. The lowest BCUT2D eigenvalue weighted by atomic mass is 9.81. The molecule has 0 saturated carbocycles. The van der Waals surface area contributed by atoms with Crippen LogP contribution >= 0.6 is 11.6 Å². The van der Waals surface area contributed by atoms with Crippen LogP contribution in [0.5, 0.6) is 0 Å². The van der Waals surface area contributed by atoms with Crippen molar-refractivity contribution in [3.63, 3.8) is 0 Å². The fraction of sp³-hybridized carbons (Fsp3) is 0.357. The molecule has 0 aliphatic carbocycles. The van der Waals surface area contributed by atoms with E-state index in [2.05, 4.69) is 25.8 Å². The van der Waals surface area contributed by atoms with Gasteiger partial charge in [0.1, 0.15) is 0 Å². The number of rotatable bonds is 2. The predicted octanol–water partition coefficient (Wildman–Crippen LogP) is 3.87. The van der Waals surface area contributed by atoms with E-state index in [1.165, 1.54) is 0 Å². The molecule has 0 aliphatic rings. The summed E-state index contributed by atoms with van der Waals surface area (Å²) in [5.74, 6) is 0. The lowest BCUT2D eigenvalue weighted by Crippen LogP contribution is -2.16. The second-order valence-electron chi connectivity index (χ2n) is 4.96. The predicted molar refractivity (Wildman–Crippen MR) is 72.9 cm³/mol. The molecular weight excluding hydrogens is 234 g/mol. The molecular formula is C14H16ClNO. The minimum Gasteiger partial charge on any atom is -0.329 e. The normalized spacial score (nSPS) is 12.0. The van der Waals surface area contributed by atoms with Crippen molar-refractivity contribution in [1.82, 2.24) is 4.98 Å². The maximum Gasteiger partial charge on any atom is 0.255 e. The molecule has 0 saturated heterocycles. The van der Waals surface area contributed by atoms with Gasteiger partial charge in [-0.25, -0.2) is 0 Å². The fourth-order valence-electron chi connectivity index (χ4n) is 1.92. The average Bonchev–Trinajstić information content (AvgIpc) is 2.29. The molecule has 0 aliphatic heterocycles. The van der Waals surface area contributed by atoms with Crippen LogP contribution < -0.4 is 5.56 Å². The standard InChI is InChI=1S/C14H16ClNO/c1-4-14(2,3)11-7-9-5-6-16-13(17)10(9)8-12(11)15/h5-8H,4H2,1-3H3,(H,16,17). The number of aromatic nitrogens is 1. The van der Waals surface area contributed by atoms with Crippen molar-refractivity contribution in [2.45, 2.75) is 32.6 Å². The van der Waals surface area contributed by atoms with E-state index in [0.717, 1.165) is 17.4 Å². The monoisotopic (exact) mass is 249 g/mol. The summed E-state index contributed by atoms with van der Waals surface area (Å²) in [5.41, 5.74) is 1.03. The van der Waals surface area contributed by atoms with Crippen molar-refractivity contribution < 1.29 is 0 Å². The number of aromatic amines is 1. The number of hydrogen-bond acceptors (Lipinski definition) is 1. The van der Waals surface area contributed by atoms with Crippen LogP contribution in [0.2, 0.25) is 5.02 Å². The van der Waals surface area contributed by atoms with Gasteiger partial charge in [0.05, 0.1) is 0 Å². The van der Waals surface area contributed by atoms with Gasteiger partial charge in [0.15, 0.2) is 0 Å². The maximum absolute atomic E-state index is 11.6. The van der Waals surface area contributed by atoms with E-state index in [1.807, 2.05) is 12.1 Å². The van der Waals surface area contributed by atoms with Crippen LogP contribution in [0.25, 0.3) is 10.8 Å². The fourth-order valence-corrected chi connectivity index (χ4v) is 2.34. The van der Waals surface area contributed by atoms with E-state index in [1.54, 1.807) is 12.3 Å². The van der Waals surface area contributed by atoms with Crippen LogP contribution in [-0.4, -0.2) is 4.98 Å². The molecule has 1 heterocycles. The smallest absolute Gasteiger partial charge is 0.255 e. The van der Waals surface area contributed by atoms with E-state index < -0.39 is 0 Å². The number of pyridine rings is 1. The largest absolute Gasteiger partial charge is 0.329 e. The number of benzene rings is 1. The molecule has 2 nitrogen and oxygen atoms in total. The van der Waals surface area contributed by atoms with Crippen LogP contribution in [0.15, 0.2) is 29.2 Å². The molecule has 2 rings (SSSR count). The highest BCUT2D eigenvalue weighted by Gasteiger charge is 2.21. The lowest BCUT2D eigenvalue weighted by Gasteiger charge is -2.25. The lowest BCUT2D eigenvalue weighted by molar-refractivity contribution is 0.507. The first kappa shape index (κ1) is 12.2. The average molecular weight is 250 g/mol. The molecule has 0 fully saturated rings. The Labute approximate surface area is 106 Å². The zero-order chi connectivity index (χ0) is 12.6. The minimum atomic E-state index is -0.0924. The van der Waals surface area contributed by atoms with Crippen LogP contribution in [0.3, 0.4) is 0 Å². The second-order valence-corrected chi connectivity index (χ2v) is 5.37. The Morgan fingerprint density at radius 3 is 2.71 bits per heavy atom. The SMILES string of the molecule is CCC(C)(C)c1cc2cc[nH]c(=O)c2cc1Cl.